The highest BCUT2D eigenvalue weighted by Gasteiger charge is 2.33. The van der Waals surface area contributed by atoms with Crippen molar-refractivity contribution in [2.45, 2.75) is 52.4 Å². The first-order chi connectivity index (χ1) is 5.77. The molecular weight excluding hydrogens is 144 g/mol. The smallest absolute Gasteiger partial charge is 0.0383 e. The van der Waals surface area contributed by atoms with Crippen LogP contribution in [0.4, 0.5) is 0 Å². The first-order valence-electron chi connectivity index (χ1n) is 5.77. The molecule has 70 valence electrons. The van der Waals surface area contributed by atoms with Crippen LogP contribution >= 0.6 is 0 Å². The molecule has 2 aliphatic rings. The van der Waals surface area contributed by atoms with Gasteiger partial charge in [0.05, 0.1) is 0 Å². The van der Waals surface area contributed by atoms with E-state index in [1.807, 2.05) is 0 Å². The van der Waals surface area contributed by atoms with E-state index in [0.717, 1.165) is 23.7 Å². The average molecular weight is 166 g/mol. The van der Waals surface area contributed by atoms with Gasteiger partial charge in [0.1, 0.15) is 0 Å². The molecule has 0 aliphatic heterocycles. The van der Waals surface area contributed by atoms with Gasteiger partial charge >= 0.3 is 0 Å². The first kappa shape index (κ1) is 8.59. The summed E-state index contributed by atoms with van der Waals surface area (Å²) >= 11 is 0. The largest absolute Gasteiger partial charge is 0.0622 e. The summed E-state index contributed by atoms with van der Waals surface area (Å²) in [5, 5.41) is 0. The molecule has 0 nitrogen and oxygen atoms in total. The topological polar surface area (TPSA) is 0 Å². The van der Waals surface area contributed by atoms with E-state index < -0.39 is 0 Å². The third kappa shape index (κ3) is 1.53. The molecule has 2 saturated carbocycles. The fourth-order valence-electron chi connectivity index (χ4n) is 3.32. The van der Waals surface area contributed by atoms with Crippen LogP contribution in [-0.4, -0.2) is 0 Å². The molecule has 0 spiro atoms. The second-order valence-electron chi connectivity index (χ2n) is 5.23. The van der Waals surface area contributed by atoms with Gasteiger partial charge in [-0.25, -0.2) is 0 Å². The van der Waals surface area contributed by atoms with Crippen molar-refractivity contribution in [1.29, 1.82) is 0 Å². The van der Waals surface area contributed by atoms with Crippen molar-refractivity contribution < 1.29 is 0 Å². The predicted molar refractivity (Wildman–Crippen MR) is 53.0 cm³/mol. The Balaban J connectivity index is 1.98. The van der Waals surface area contributed by atoms with Crippen molar-refractivity contribution in [2.75, 3.05) is 0 Å². The van der Waals surface area contributed by atoms with Crippen LogP contribution in [0.3, 0.4) is 0 Å². The van der Waals surface area contributed by atoms with Crippen LogP contribution in [0.25, 0.3) is 0 Å². The van der Waals surface area contributed by atoms with E-state index in [-0.39, 0.29) is 0 Å². The number of hydrogen-bond acceptors (Lipinski definition) is 0. The molecule has 0 heteroatoms. The molecular formula is C12H22. The summed E-state index contributed by atoms with van der Waals surface area (Å²) in [6, 6.07) is 0. The Labute approximate surface area is 76.7 Å². The van der Waals surface area contributed by atoms with Crippen LogP contribution in [0.5, 0.6) is 0 Å². The van der Waals surface area contributed by atoms with Crippen LogP contribution in [-0.2, 0) is 0 Å². The zero-order chi connectivity index (χ0) is 8.55. The van der Waals surface area contributed by atoms with Crippen molar-refractivity contribution in [3.8, 4) is 0 Å². The molecule has 2 aliphatic carbocycles. The molecule has 0 aromatic rings. The van der Waals surface area contributed by atoms with Gasteiger partial charge in [0, 0.05) is 0 Å². The summed E-state index contributed by atoms with van der Waals surface area (Å²) < 4.78 is 0. The number of rotatable bonds is 0. The standard InChI is InChI=1S/C12H22/c1-9-7-11-5-3-4-6-12(11)8-10(9)2/h9-12H,3-8H2,1-2H3. The van der Waals surface area contributed by atoms with Gasteiger partial charge in [0.15, 0.2) is 0 Å². The minimum atomic E-state index is 1.00. The lowest BCUT2D eigenvalue weighted by Gasteiger charge is -2.41. The van der Waals surface area contributed by atoms with E-state index in [2.05, 4.69) is 13.8 Å². The highest BCUT2D eigenvalue weighted by molar-refractivity contribution is 4.84. The molecule has 0 saturated heterocycles. The molecule has 0 aromatic carbocycles. The van der Waals surface area contributed by atoms with Crippen LogP contribution in [0.1, 0.15) is 52.4 Å². The van der Waals surface area contributed by atoms with Crippen molar-refractivity contribution in [1.82, 2.24) is 0 Å². The van der Waals surface area contributed by atoms with Gasteiger partial charge < -0.3 is 0 Å². The molecule has 0 heterocycles. The monoisotopic (exact) mass is 166 g/mol. The molecule has 4 atom stereocenters. The lowest BCUT2D eigenvalue weighted by atomic mass is 9.64. The molecule has 4 unspecified atom stereocenters. The third-order valence-electron chi connectivity index (χ3n) is 4.39. The fraction of sp³-hybridized carbons (Fsp3) is 1.00. The summed E-state index contributed by atoms with van der Waals surface area (Å²) in [6.45, 7) is 4.91. The maximum atomic E-state index is 2.45. The molecule has 0 radical (unpaired) electrons. The quantitative estimate of drug-likeness (QED) is 0.512. The molecule has 12 heavy (non-hydrogen) atoms. The van der Waals surface area contributed by atoms with Crippen molar-refractivity contribution in [2.24, 2.45) is 23.7 Å². The van der Waals surface area contributed by atoms with E-state index in [0.29, 0.717) is 0 Å². The Morgan fingerprint density at radius 3 is 1.58 bits per heavy atom. The minimum absolute atomic E-state index is 1.00. The van der Waals surface area contributed by atoms with E-state index in [9.17, 15) is 0 Å². The highest BCUT2D eigenvalue weighted by Crippen LogP contribution is 2.44. The van der Waals surface area contributed by atoms with Gasteiger partial charge in [-0.15, -0.1) is 0 Å². The number of fused-ring (bicyclic) bond motifs is 1. The van der Waals surface area contributed by atoms with Gasteiger partial charge in [0.2, 0.25) is 0 Å². The molecule has 0 aromatic heterocycles. The maximum absolute atomic E-state index is 2.45. The second kappa shape index (κ2) is 3.40. The average Bonchev–Trinajstić information content (AvgIpc) is 2.07. The van der Waals surface area contributed by atoms with Crippen molar-refractivity contribution in [3.05, 3.63) is 0 Å². The van der Waals surface area contributed by atoms with E-state index >= 15 is 0 Å². The normalized spacial score (nSPS) is 48.5. The molecule has 0 bridgehead atoms. The Kier molecular flexibility index (Phi) is 2.43. The zero-order valence-corrected chi connectivity index (χ0v) is 8.55. The summed E-state index contributed by atoms with van der Waals surface area (Å²) in [5.41, 5.74) is 0. The minimum Gasteiger partial charge on any atom is -0.0622 e. The Bertz CT molecular complexity index is 132. The van der Waals surface area contributed by atoms with Crippen LogP contribution < -0.4 is 0 Å². The fourth-order valence-corrected chi connectivity index (χ4v) is 3.32. The van der Waals surface area contributed by atoms with Crippen molar-refractivity contribution >= 4 is 0 Å². The maximum Gasteiger partial charge on any atom is -0.0383 e. The highest BCUT2D eigenvalue weighted by atomic mass is 14.4. The first-order valence-corrected chi connectivity index (χ1v) is 5.77. The lowest BCUT2D eigenvalue weighted by molar-refractivity contribution is 0.0942. The lowest BCUT2D eigenvalue weighted by Crippen LogP contribution is -2.31. The molecule has 0 amide bonds. The van der Waals surface area contributed by atoms with Gasteiger partial charge in [0.25, 0.3) is 0 Å². The predicted octanol–water partition coefficient (Wildman–Crippen LogP) is 3.86. The van der Waals surface area contributed by atoms with Gasteiger partial charge in [-0.3, -0.25) is 0 Å². The van der Waals surface area contributed by atoms with Gasteiger partial charge in [-0.05, 0) is 36.5 Å². The Hall–Kier alpha value is 0. The van der Waals surface area contributed by atoms with Crippen LogP contribution in [0, 0.1) is 23.7 Å². The number of hydrogen-bond donors (Lipinski definition) is 0. The summed E-state index contributed by atoms with van der Waals surface area (Å²) in [7, 11) is 0. The summed E-state index contributed by atoms with van der Waals surface area (Å²) in [5.74, 6) is 4.24. The van der Waals surface area contributed by atoms with E-state index in [4.69, 9.17) is 0 Å². The third-order valence-corrected chi connectivity index (χ3v) is 4.39. The zero-order valence-electron chi connectivity index (χ0n) is 8.55. The van der Waals surface area contributed by atoms with Gasteiger partial charge in [-0.2, -0.15) is 0 Å². The second-order valence-corrected chi connectivity index (χ2v) is 5.23. The molecule has 2 fully saturated rings. The molecule has 2 rings (SSSR count). The van der Waals surface area contributed by atoms with E-state index in [1.54, 1.807) is 12.8 Å². The Morgan fingerprint density at radius 1 is 0.750 bits per heavy atom. The Morgan fingerprint density at radius 2 is 1.17 bits per heavy atom. The van der Waals surface area contributed by atoms with Crippen LogP contribution in [0.2, 0.25) is 0 Å². The summed E-state index contributed by atoms with van der Waals surface area (Å²) in [4.78, 5) is 0. The molecule has 0 N–H and O–H groups in total. The van der Waals surface area contributed by atoms with Crippen molar-refractivity contribution in [3.63, 3.8) is 0 Å². The van der Waals surface area contributed by atoms with E-state index in [1.165, 1.54) is 25.7 Å². The summed E-state index contributed by atoms with van der Waals surface area (Å²) in [6.07, 6.45) is 9.19. The van der Waals surface area contributed by atoms with Crippen LogP contribution in [0.15, 0.2) is 0 Å². The SMILES string of the molecule is CC1CC2CCCCC2CC1C. The van der Waals surface area contributed by atoms with Gasteiger partial charge in [-0.1, -0.05) is 39.5 Å².